The molecule has 0 saturated heterocycles. The lowest BCUT2D eigenvalue weighted by molar-refractivity contribution is -0.885. The van der Waals surface area contributed by atoms with Crippen molar-refractivity contribution in [2.45, 2.75) is 31.8 Å². The van der Waals surface area contributed by atoms with Crippen molar-refractivity contribution in [2.24, 2.45) is 0 Å². The maximum Gasteiger partial charge on any atom is 0.282 e. The number of quaternary nitrogens is 1. The van der Waals surface area contributed by atoms with Crippen LogP contribution in [0.4, 0.5) is 5.69 Å². The average Bonchev–Trinajstić information content (AvgIpc) is 3.24. The van der Waals surface area contributed by atoms with Gasteiger partial charge in [0.2, 0.25) is 0 Å². The van der Waals surface area contributed by atoms with Gasteiger partial charge in [-0.25, -0.2) is 0 Å². The van der Waals surface area contributed by atoms with Crippen molar-refractivity contribution in [3.63, 3.8) is 0 Å². The Hall–Kier alpha value is -1.40. The molecule has 2 rings (SSSR count). The van der Waals surface area contributed by atoms with Crippen molar-refractivity contribution >= 4 is 33.4 Å². The van der Waals surface area contributed by atoms with E-state index in [0.717, 1.165) is 27.9 Å². The third kappa shape index (κ3) is 5.13. The van der Waals surface area contributed by atoms with Gasteiger partial charge < -0.3 is 15.5 Å². The number of halogens is 1. The highest BCUT2D eigenvalue weighted by molar-refractivity contribution is 9.10. The number of amides is 2. The highest BCUT2D eigenvalue weighted by Gasteiger charge is 2.27. The van der Waals surface area contributed by atoms with E-state index >= 15 is 0 Å². The third-order valence-corrected chi connectivity index (χ3v) is 4.15. The normalized spacial score (nSPS) is 16.9. The molecule has 1 fully saturated rings. The molecule has 0 bridgehead atoms. The van der Waals surface area contributed by atoms with E-state index in [1.54, 1.807) is 0 Å². The van der Waals surface area contributed by atoms with Crippen LogP contribution in [-0.4, -0.2) is 37.5 Å². The molecule has 1 aromatic carbocycles. The molecule has 0 aliphatic heterocycles. The van der Waals surface area contributed by atoms with Crippen LogP contribution in [0.25, 0.3) is 0 Å². The smallest absolute Gasteiger partial charge is 0.282 e. The van der Waals surface area contributed by atoms with Crippen LogP contribution in [0, 0.1) is 0 Å². The number of nitrogens with one attached hydrogen (secondary N) is 3. The van der Waals surface area contributed by atoms with Gasteiger partial charge in [-0.3, -0.25) is 9.59 Å². The van der Waals surface area contributed by atoms with Crippen molar-refractivity contribution < 1.29 is 14.5 Å². The molecule has 21 heavy (non-hydrogen) atoms. The summed E-state index contributed by atoms with van der Waals surface area (Å²) in [5.74, 6) is -0.0765. The lowest BCUT2D eigenvalue weighted by atomic mass is 10.2. The monoisotopic (exact) mass is 354 g/mol. The largest absolute Gasteiger partial charge is 0.348 e. The van der Waals surface area contributed by atoms with E-state index in [0.29, 0.717) is 12.6 Å². The molecule has 0 aromatic heterocycles. The van der Waals surface area contributed by atoms with Crippen LogP contribution in [0.2, 0.25) is 0 Å². The number of benzene rings is 1. The van der Waals surface area contributed by atoms with Crippen LogP contribution in [-0.2, 0) is 9.59 Å². The standard InChI is InChI=1S/C15H20BrN3O2/c1-10(19(2)9-14(20)17-12-7-8-12)15(21)18-13-5-3-11(16)4-6-13/h3-6,10,12H,7-9H2,1-2H3,(H,17,20)(H,18,21)/p+1/t10-/m1/s1. The zero-order chi connectivity index (χ0) is 15.4. The summed E-state index contributed by atoms with van der Waals surface area (Å²) in [6.07, 6.45) is 2.15. The summed E-state index contributed by atoms with van der Waals surface area (Å²) < 4.78 is 0.966. The molecule has 114 valence electrons. The Labute approximate surface area is 133 Å². The molecule has 0 heterocycles. The number of hydrogen-bond donors (Lipinski definition) is 3. The summed E-state index contributed by atoms with van der Waals surface area (Å²) in [6.45, 7) is 2.14. The van der Waals surface area contributed by atoms with Gasteiger partial charge >= 0.3 is 0 Å². The van der Waals surface area contributed by atoms with Crippen LogP contribution in [0.1, 0.15) is 19.8 Å². The lowest BCUT2D eigenvalue weighted by Crippen LogP contribution is -3.15. The predicted molar refractivity (Wildman–Crippen MR) is 85.2 cm³/mol. The Morgan fingerprint density at radius 3 is 2.52 bits per heavy atom. The van der Waals surface area contributed by atoms with Crippen LogP contribution in [0.3, 0.4) is 0 Å². The van der Waals surface area contributed by atoms with E-state index in [2.05, 4.69) is 26.6 Å². The summed E-state index contributed by atoms with van der Waals surface area (Å²) in [6, 6.07) is 7.49. The summed E-state index contributed by atoms with van der Waals surface area (Å²) in [4.78, 5) is 24.8. The third-order valence-electron chi connectivity index (χ3n) is 3.63. The molecule has 6 heteroatoms. The average molecular weight is 355 g/mol. The number of likely N-dealkylation sites (N-methyl/N-ethyl adjacent to an activating group) is 1. The molecule has 1 aliphatic carbocycles. The first-order valence-corrected chi connectivity index (χ1v) is 7.93. The first-order valence-electron chi connectivity index (χ1n) is 7.14. The van der Waals surface area contributed by atoms with Crippen molar-refractivity contribution in [3.05, 3.63) is 28.7 Å². The fourth-order valence-electron chi connectivity index (χ4n) is 1.92. The highest BCUT2D eigenvalue weighted by Crippen LogP contribution is 2.18. The first-order chi connectivity index (χ1) is 9.95. The van der Waals surface area contributed by atoms with Gasteiger partial charge in [-0.1, -0.05) is 15.9 Å². The minimum Gasteiger partial charge on any atom is -0.348 e. The molecule has 2 atom stereocenters. The topological polar surface area (TPSA) is 62.6 Å². The van der Waals surface area contributed by atoms with E-state index < -0.39 is 0 Å². The van der Waals surface area contributed by atoms with E-state index in [1.165, 1.54) is 0 Å². The number of hydrogen-bond acceptors (Lipinski definition) is 2. The van der Waals surface area contributed by atoms with E-state index in [4.69, 9.17) is 0 Å². The van der Waals surface area contributed by atoms with Crippen molar-refractivity contribution in [2.75, 3.05) is 18.9 Å². The molecule has 3 N–H and O–H groups in total. The summed E-state index contributed by atoms with van der Waals surface area (Å²) in [7, 11) is 1.86. The van der Waals surface area contributed by atoms with Crippen LogP contribution >= 0.6 is 15.9 Å². The van der Waals surface area contributed by atoms with Gasteiger partial charge in [0.1, 0.15) is 0 Å². The Morgan fingerprint density at radius 1 is 1.33 bits per heavy atom. The second-order valence-electron chi connectivity index (χ2n) is 5.58. The summed E-state index contributed by atoms with van der Waals surface area (Å²) in [5, 5.41) is 5.80. The quantitative estimate of drug-likeness (QED) is 0.699. The number of carbonyl (C=O) groups excluding carboxylic acids is 2. The number of anilines is 1. The summed E-state index contributed by atoms with van der Waals surface area (Å²) >= 11 is 3.35. The fourth-order valence-corrected chi connectivity index (χ4v) is 2.18. The van der Waals surface area contributed by atoms with Gasteiger partial charge in [-0.05, 0) is 44.0 Å². The first kappa shape index (κ1) is 16.0. The predicted octanol–water partition coefficient (Wildman–Crippen LogP) is 0.569. The van der Waals surface area contributed by atoms with Crippen LogP contribution in [0.15, 0.2) is 28.7 Å². The van der Waals surface area contributed by atoms with Crippen molar-refractivity contribution in [3.8, 4) is 0 Å². The SMILES string of the molecule is C[C@H](C(=O)Nc1ccc(Br)cc1)[NH+](C)CC(=O)NC1CC1. The molecule has 5 nitrogen and oxygen atoms in total. The zero-order valence-electron chi connectivity index (χ0n) is 12.3. The fraction of sp³-hybridized carbons (Fsp3) is 0.467. The summed E-state index contributed by atoms with van der Waals surface area (Å²) in [5.41, 5.74) is 0.755. The second-order valence-corrected chi connectivity index (χ2v) is 6.50. The zero-order valence-corrected chi connectivity index (χ0v) is 13.9. The Kier molecular flexibility index (Phi) is 5.36. The van der Waals surface area contributed by atoms with Gasteiger partial charge in [0.05, 0.1) is 7.05 Å². The van der Waals surface area contributed by atoms with E-state index in [-0.39, 0.29) is 17.9 Å². The van der Waals surface area contributed by atoms with Gasteiger partial charge in [-0.2, -0.15) is 0 Å². The van der Waals surface area contributed by atoms with Crippen LogP contribution in [0.5, 0.6) is 0 Å². The minimum absolute atomic E-state index is 0.0123. The highest BCUT2D eigenvalue weighted by atomic mass is 79.9. The molecule has 0 radical (unpaired) electrons. The number of carbonyl (C=O) groups is 2. The van der Waals surface area contributed by atoms with E-state index in [9.17, 15) is 9.59 Å². The molecule has 1 aromatic rings. The van der Waals surface area contributed by atoms with E-state index in [1.807, 2.05) is 38.2 Å². The maximum atomic E-state index is 12.2. The molecular formula is C15H21BrN3O2+. The van der Waals surface area contributed by atoms with Crippen molar-refractivity contribution in [1.29, 1.82) is 0 Å². The van der Waals surface area contributed by atoms with Gasteiger partial charge in [0.15, 0.2) is 12.6 Å². The molecular weight excluding hydrogens is 334 g/mol. The van der Waals surface area contributed by atoms with Gasteiger partial charge in [-0.15, -0.1) is 0 Å². The number of rotatable bonds is 6. The Morgan fingerprint density at radius 2 is 1.95 bits per heavy atom. The lowest BCUT2D eigenvalue weighted by Gasteiger charge is -2.20. The van der Waals surface area contributed by atoms with Gasteiger partial charge in [0, 0.05) is 16.2 Å². The molecule has 2 amide bonds. The van der Waals surface area contributed by atoms with Crippen molar-refractivity contribution in [1.82, 2.24) is 5.32 Å². The molecule has 1 aliphatic rings. The second kappa shape index (κ2) is 7.04. The molecule has 1 unspecified atom stereocenters. The van der Waals surface area contributed by atoms with Crippen LogP contribution < -0.4 is 15.5 Å². The molecule has 0 spiro atoms. The Bertz CT molecular complexity index is 514. The molecule has 1 saturated carbocycles. The minimum atomic E-state index is -0.293. The van der Waals surface area contributed by atoms with Gasteiger partial charge in [0.25, 0.3) is 11.8 Å². The maximum absolute atomic E-state index is 12.2. The Balaban J connectivity index is 1.82.